The number of hydrogen-bond donors (Lipinski definition) is 1. The van der Waals surface area contributed by atoms with Gasteiger partial charge in [0.1, 0.15) is 11.4 Å². The van der Waals surface area contributed by atoms with Gasteiger partial charge in [0.25, 0.3) is 0 Å². The van der Waals surface area contributed by atoms with E-state index in [0.29, 0.717) is 23.2 Å². The third-order valence-corrected chi connectivity index (χ3v) is 6.14. The lowest BCUT2D eigenvalue weighted by atomic mass is 9.97. The average Bonchev–Trinajstić information content (AvgIpc) is 2.97. The zero-order chi connectivity index (χ0) is 13.5. The molecule has 3 nitrogen and oxygen atoms in total. The molecule has 1 saturated heterocycles. The number of carbonyl (C=O) groups excluding carboxylic acids is 1. The van der Waals surface area contributed by atoms with Crippen molar-refractivity contribution in [1.82, 2.24) is 0 Å². The van der Waals surface area contributed by atoms with E-state index in [2.05, 4.69) is 27.7 Å². The number of carbonyl (C=O) groups is 1. The van der Waals surface area contributed by atoms with Crippen LogP contribution in [-0.2, 0) is 9.53 Å². The highest BCUT2D eigenvalue weighted by Gasteiger charge is 2.86. The predicted octanol–water partition coefficient (Wildman–Crippen LogP) is 2.02. The maximum Gasteiger partial charge on any atom is 0.132 e. The van der Waals surface area contributed by atoms with E-state index in [9.17, 15) is 9.90 Å². The summed E-state index contributed by atoms with van der Waals surface area (Å²) < 4.78 is 6.10. The molecule has 18 heavy (non-hydrogen) atoms. The van der Waals surface area contributed by atoms with Gasteiger partial charge in [0.2, 0.25) is 0 Å². The zero-order valence-electron chi connectivity index (χ0n) is 12.0. The summed E-state index contributed by atoms with van der Waals surface area (Å²) in [6.45, 7) is 11.2. The van der Waals surface area contributed by atoms with Gasteiger partial charge in [0.05, 0.1) is 12.7 Å². The lowest BCUT2D eigenvalue weighted by Gasteiger charge is -2.28. The van der Waals surface area contributed by atoms with Crippen LogP contribution in [0, 0.1) is 28.6 Å². The van der Waals surface area contributed by atoms with Crippen molar-refractivity contribution in [2.75, 3.05) is 6.61 Å². The van der Waals surface area contributed by atoms with Crippen LogP contribution in [-0.4, -0.2) is 29.2 Å². The van der Waals surface area contributed by atoms with Gasteiger partial charge in [-0.25, -0.2) is 0 Å². The van der Waals surface area contributed by atoms with Gasteiger partial charge in [-0.1, -0.05) is 27.7 Å². The Kier molecular flexibility index (Phi) is 2.23. The topological polar surface area (TPSA) is 46.5 Å². The van der Waals surface area contributed by atoms with Crippen LogP contribution in [0.5, 0.6) is 0 Å². The van der Waals surface area contributed by atoms with Crippen LogP contribution in [0.4, 0.5) is 0 Å². The first-order valence-electron chi connectivity index (χ1n) is 6.99. The second-order valence-electron chi connectivity index (χ2n) is 7.68. The second kappa shape index (κ2) is 3.18. The van der Waals surface area contributed by atoms with Crippen molar-refractivity contribution in [1.29, 1.82) is 0 Å². The summed E-state index contributed by atoms with van der Waals surface area (Å²) in [7, 11) is 0. The van der Waals surface area contributed by atoms with E-state index in [1.165, 1.54) is 6.92 Å². The molecule has 0 spiro atoms. The SMILES string of the molecule is CC(=O)CC(O)[C@@]12OC[C@@H]3[C@H]([C@@H]1C2(C)C)C3(C)C. The molecule has 0 aromatic heterocycles. The van der Waals surface area contributed by atoms with Crippen LogP contribution >= 0.6 is 0 Å². The number of fused-ring (bicyclic) bond motifs is 3. The summed E-state index contributed by atoms with van der Waals surface area (Å²) in [5, 5.41) is 10.4. The summed E-state index contributed by atoms with van der Waals surface area (Å²) >= 11 is 0. The Morgan fingerprint density at radius 1 is 1.39 bits per heavy atom. The summed E-state index contributed by atoms with van der Waals surface area (Å²) in [5.41, 5.74) is -0.126. The molecule has 2 aliphatic carbocycles. The highest BCUT2D eigenvalue weighted by molar-refractivity contribution is 5.76. The van der Waals surface area contributed by atoms with Gasteiger partial charge in [0.15, 0.2) is 0 Å². The molecule has 1 unspecified atom stereocenters. The van der Waals surface area contributed by atoms with Gasteiger partial charge in [-0.2, -0.15) is 0 Å². The monoisotopic (exact) mass is 252 g/mol. The minimum Gasteiger partial charge on any atom is -0.390 e. The third kappa shape index (κ3) is 1.20. The van der Waals surface area contributed by atoms with Gasteiger partial charge in [-0.3, -0.25) is 4.79 Å². The highest BCUT2D eigenvalue weighted by atomic mass is 16.5. The zero-order valence-corrected chi connectivity index (χ0v) is 12.0. The molecule has 3 aliphatic rings. The number of aliphatic hydroxyl groups is 1. The number of Topliss-reactive ketones (excluding diaryl/α,β-unsaturated/α-hetero) is 1. The van der Waals surface area contributed by atoms with Gasteiger partial charge in [0, 0.05) is 17.8 Å². The van der Waals surface area contributed by atoms with Crippen molar-refractivity contribution in [3.05, 3.63) is 0 Å². The average molecular weight is 252 g/mol. The number of ether oxygens (including phenoxy) is 1. The fourth-order valence-corrected chi connectivity index (χ4v) is 4.94. The number of rotatable bonds is 3. The molecule has 3 heteroatoms. The number of hydrogen-bond acceptors (Lipinski definition) is 3. The van der Waals surface area contributed by atoms with Crippen LogP contribution in [0.2, 0.25) is 0 Å². The molecule has 1 aliphatic heterocycles. The Hall–Kier alpha value is -0.410. The molecular weight excluding hydrogens is 228 g/mol. The summed E-state index contributed by atoms with van der Waals surface area (Å²) in [6.07, 6.45) is -0.426. The van der Waals surface area contributed by atoms with E-state index in [0.717, 1.165) is 6.61 Å². The molecule has 2 saturated carbocycles. The van der Waals surface area contributed by atoms with Gasteiger partial charge >= 0.3 is 0 Å². The molecule has 3 rings (SSSR count). The quantitative estimate of drug-likeness (QED) is 0.836. The first-order chi connectivity index (χ1) is 8.17. The van der Waals surface area contributed by atoms with Gasteiger partial charge < -0.3 is 9.84 Å². The molecular formula is C15H24O3. The lowest BCUT2D eigenvalue weighted by molar-refractivity contribution is -0.129. The van der Waals surface area contributed by atoms with E-state index in [4.69, 9.17) is 4.74 Å². The van der Waals surface area contributed by atoms with Crippen LogP contribution < -0.4 is 0 Å². The molecule has 1 heterocycles. The third-order valence-electron chi connectivity index (χ3n) is 6.14. The fourth-order valence-electron chi connectivity index (χ4n) is 4.94. The molecule has 0 aromatic rings. The number of ketones is 1. The van der Waals surface area contributed by atoms with Crippen molar-refractivity contribution >= 4 is 5.78 Å². The number of aliphatic hydroxyl groups excluding tert-OH is 1. The lowest BCUT2D eigenvalue weighted by Crippen LogP contribution is -2.40. The van der Waals surface area contributed by atoms with Crippen LogP contribution in [0.3, 0.4) is 0 Å². The molecule has 0 radical (unpaired) electrons. The van der Waals surface area contributed by atoms with Gasteiger partial charge in [-0.15, -0.1) is 0 Å². The summed E-state index contributed by atoms with van der Waals surface area (Å²) in [4.78, 5) is 11.3. The normalized spacial score (nSPS) is 47.8. The van der Waals surface area contributed by atoms with Crippen LogP contribution in [0.1, 0.15) is 41.0 Å². The largest absolute Gasteiger partial charge is 0.390 e. The maximum atomic E-state index is 11.3. The van der Waals surface area contributed by atoms with E-state index in [-0.39, 0.29) is 17.6 Å². The molecule has 102 valence electrons. The summed E-state index contributed by atoms with van der Waals surface area (Å²) in [5.74, 6) is 1.75. The van der Waals surface area contributed by atoms with Crippen molar-refractivity contribution < 1.29 is 14.6 Å². The van der Waals surface area contributed by atoms with Crippen molar-refractivity contribution in [2.24, 2.45) is 28.6 Å². The van der Waals surface area contributed by atoms with E-state index < -0.39 is 11.7 Å². The Balaban J connectivity index is 1.88. The minimum atomic E-state index is -0.646. The first kappa shape index (κ1) is 12.6. The van der Waals surface area contributed by atoms with Crippen molar-refractivity contribution in [2.45, 2.75) is 52.7 Å². The van der Waals surface area contributed by atoms with E-state index >= 15 is 0 Å². The van der Waals surface area contributed by atoms with Crippen molar-refractivity contribution in [3.8, 4) is 0 Å². The fraction of sp³-hybridized carbons (Fsp3) is 0.933. The molecule has 0 bridgehead atoms. The molecule has 3 fully saturated rings. The van der Waals surface area contributed by atoms with Crippen LogP contribution in [0.25, 0.3) is 0 Å². The molecule has 1 N–H and O–H groups in total. The van der Waals surface area contributed by atoms with E-state index in [1.54, 1.807) is 0 Å². The first-order valence-corrected chi connectivity index (χ1v) is 6.99. The Morgan fingerprint density at radius 3 is 2.56 bits per heavy atom. The Morgan fingerprint density at radius 2 is 2.00 bits per heavy atom. The maximum absolute atomic E-state index is 11.3. The van der Waals surface area contributed by atoms with Crippen LogP contribution in [0.15, 0.2) is 0 Å². The van der Waals surface area contributed by atoms with E-state index in [1.807, 2.05) is 0 Å². The molecule has 0 amide bonds. The van der Waals surface area contributed by atoms with Crippen molar-refractivity contribution in [3.63, 3.8) is 0 Å². The highest BCUT2D eigenvalue weighted by Crippen LogP contribution is 2.82. The molecule has 0 aromatic carbocycles. The Labute approximate surface area is 109 Å². The summed E-state index contributed by atoms with van der Waals surface area (Å²) in [6, 6.07) is 0. The molecule has 5 atom stereocenters. The smallest absolute Gasteiger partial charge is 0.132 e. The second-order valence-corrected chi connectivity index (χ2v) is 7.68. The van der Waals surface area contributed by atoms with Gasteiger partial charge in [-0.05, 0) is 24.2 Å². The minimum absolute atomic E-state index is 0.00491. The predicted molar refractivity (Wildman–Crippen MR) is 68.0 cm³/mol. The Bertz CT molecular complexity index is 412. The standard InChI is InChI=1S/C15H24O3/c1-8(16)6-10(17)15-12(14(15,4)5)11-9(7-18-15)13(11,2)3/h9-12,17H,6-7H2,1-5H3/t9-,10?,11-,12-,15-/m1/s1.